The Kier molecular flexibility index (Phi) is 1.45. The van der Waals surface area contributed by atoms with Crippen molar-refractivity contribution in [2.45, 2.75) is 19.4 Å². The van der Waals surface area contributed by atoms with Crippen molar-refractivity contribution in [1.29, 1.82) is 0 Å². The number of aliphatic hydroxyl groups excluding tert-OH is 1. The molecule has 0 amide bonds. The highest BCUT2D eigenvalue weighted by molar-refractivity contribution is 5.82. The number of ether oxygens (including phenoxy) is 1. The molecule has 0 unspecified atom stereocenters. The molecule has 76 valence electrons. The Morgan fingerprint density at radius 2 is 2.43 bits per heavy atom. The van der Waals surface area contributed by atoms with Crippen LogP contribution in [0.5, 0.6) is 0 Å². The minimum Gasteiger partial charge on any atom is -0.465 e. The van der Waals surface area contributed by atoms with Crippen LogP contribution in [0.1, 0.15) is 13.3 Å². The van der Waals surface area contributed by atoms with Crippen molar-refractivity contribution < 1.29 is 14.6 Å². The zero-order chi connectivity index (χ0) is 9.92. The zero-order valence-corrected chi connectivity index (χ0v) is 8.14. The number of allylic oxidation sites excluding steroid dienone is 2. The first-order valence-corrected chi connectivity index (χ1v) is 5.21. The van der Waals surface area contributed by atoms with Crippen LogP contribution in [-0.2, 0) is 9.53 Å². The number of cyclic esters (lactones) is 1. The molecule has 0 aromatic heterocycles. The summed E-state index contributed by atoms with van der Waals surface area (Å²) in [6.07, 6.45) is 4.69. The molecule has 1 saturated carbocycles. The summed E-state index contributed by atoms with van der Waals surface area (Å²) in [5.74, 6) is 0.674. The lowest BCUT2D eigenvalue weighted by Crippen LogP contribution is -2.46. The topological polar surface area (TPSA) is 46.5 Å². The second kappa shape index (κ2) is 2.40. The normalized spacial score (nSPS) is 50.7. The maximum Gasteiger partial charge on any atom is 0.315 e. The number of fused-ring (bicyclic) bond motifs is 5. The summed E-state index contributed by atoms with van der Waals surface area (Å²) in [6.45, 7) is 2.21. The molecule has 3 rings (SSSR count). The van der Waals surface area contributed by atoms with E-state index in [9.17, 15) is 9.90 Å². The minimum absolute atomic E-state index is 0.186. The fraction of sp³-hybridized carbons (Fsp3) is 0.727. The maximum absolute atomic E-state index is 11.8. The van der Waals surface area contributed by atoms with Crippen molar-refractivity contribution >= 4 is 5.97 Å². The molecule has 3 aliphatic rings. The Hall–Kier alpha value is -0.830. The molecule has 1 heterocycles. The minimum atomic E-state index is -0.612. The van der Waals surface area contributed by atoms with E-state index in [4.69, 9.17) is 4.74 Å². The number of rotatable bonds is 1. The number of hydrogen-bond donors (Lipinski definition) is 1. The average molecular weight is 194 g/mol. The van der Waals surface area contributed by atoms with Gasteiger partial charge in [-0.15, -0.1) is 0 Å². The van der Waals surface area contributed by atoms with Crippen LogP contribution in [-0.4, -0.2) is 23.8 Å². The molecule has 2 aliphatic carbocycles. The Bertz CT molecular complexity index is 320. The molecule has 0 aromatic rings. The molecule has 1 saturated heterocycles. The molecule has 5 atom stereocenters. The maximum atomic E-state index is 11.8. The third kappa shape index (κ3) is 0.682. The van der Waals surface area contributed by atoms with Gasteiger partial charge >= 0.3 is 5.97 Å². The van der Waals surface area contributed by atoms with Crippen LogP contribution < -0.4 is 0 Å². The van der Waals surface area contributed by atoms with Gasteiger partial charge in [0.1, 0.15) is 5.41 Å². The van der Waals surface area contributed by atoms with Crippen LogP contribution in [0, 0.1) is 23.2 Å². The summed E-state index contributed by atoms with van der Waals surface area (Å²) in [5.41, 5.74) is -0.612. The first kappa shape index (κ1) is 8.48. The Morgan fingerprint density at radius 1 is 1.64 bits per heavy atom. The number of carbonyl (C=O) groups is 1. The highest BCUT2D eigenvalue weighted by Crippen LogP contribution is 2.61. The van der Waals surface area contributed by atoms with E-state index >= 15 is 0 Å². The van der Waals surface area contributed by atoms with E-state index in [1.807, 2.05) is 0 Å². The Balaban J connectivity index is 2.12. The largest absolute Gasteiger partial charge is 0.465 e. The van der Waals surface area contributed by atoms with Crippen LogP contribution in [0.15, 0.2) is 12.2 Å². The standard InChI is InChI=1S/C11H14O3/c1-6(12)11-8-3-2-7(4-8)9(11)5-14-10(11)13/h2-3,6-9,12H,4-5H2,1H3/t6-,7+,8-,9+,11-/m1/s1. The third-order valence-corrected chi connectivity index (χ3v) is 4.30. The smallest absolute Gasteiger partial charge is 0.315 e. The summed E-state index contributed by atoms with van der Waals surface area (Å²) in [4.78, 5) is 11.8. The van der Waals surface area contributed by atoms with Crippen molar-refractivity contribution in [3.05, 3.63) is 12.2 Å². The Labute approximate surface area is 82.8 Å². The van der Waals surface area contributed by atoms with E-state index in [1.54, 1.807) is 6.92 Å². The summed E-state index contributed by atoms with van der Waals surface area (Å²) >= 11 is 0. The second-order valence-corrected chi connectivity index (χ2v) is 4.70. The molecule has 3 nitrogen and oxygen atoms in total. The first-order chi connectivity index (χ1) is 6.67. The van der Waals surface area contributed by atoms with Gasteiger partial charge in [-0.3, -0.25) is 4.79 Å². The molecule has 2 bridgehead atoms. The molecule has 14 heavy (non-hydrogen) atoms. The highest BCUT2D eigenvalue weighted by atomic mass is 16.5. The molecule has 1 N–H and O–H groups in total. The predicted octanol–water partition coefficient (Wildman–Crippen LogP) is 0.732. The van der Waals surface area contributed by atoms with Gasteiger partial charge in [0.05, 0.1) is 12.7 Å². The van der Waals surface area contributed by atoms with Gasteiger partial charge in [-0.1, -0.05) is 12.2 Å². The number of aliphatic hydroxyl groups is 1. The van der Waals surface area contributed by atoms with Crippen molar-refractivity contribution in [3.63, 3.8) is 0 Å². The van der Waals surface area contributed by atoms with E-state index in [0.717, 1.165) is 6.42 Å². The molecule has 2 fully saturated rings. The van der Waals surface area contributed by atoms with E-state index in [0.29, 0.717) is 12.5 Å². The molecular weight excluding hydrogens is 180 g/mol. The number of esters is 1. The SMILES string of the molecule is C[C@@H](O)[C@]12C(=O)OC[C@H]1[C@H]1C=C[C@@H]2C1. The van der Waals surface area contributed by atoms with Gasteiger partial charge in [-0.25, -0.2) is 0 Å². The summed E-state index contributed by atoms with van der Waals surface area (Å²) in [6, 6.07) is 0. The van der Waals surface area contributed by atoms with Gasteiger partial charge in [-0.05, 0) is 25.2 Å². The fourth-order valence-corrected chi connectivity index (χ4v) is 3.65. The van der Waals surface area contributed by atoms with Gasteiger partial charge in [0, 0.05) is 5.92 Å². The average Bonchev–Trinajstić information content (AvgIpc) is 2.75. The van der Waals surface area contributed by atoms with Crippen LogP contribution in [0.25, 0.3) is 0 Å². The third-order valence-electron chi connectivity index (χ3n) is 4.30. The lowest BCUT2D eigenvalue weighted by atomic mass is 9.67. The summed E-state index contributed by atoms with van der Waals surface area (Å²) in [5, 5.41) is 9.87. The van der Waals surface area contributed by atoms with Crippen LogP contribution in [0.3, 0.4) is 0 Å². The zero-order valence-electron chi connectivity index (χ0n) is 8.14. The van der Waals surface area contributed by atoms with E-state index in [2.05, 4.69) is 12.2 Å². The van der Waals surface area contributed by atoms with E-state index in [1.165, 1.54) is 0 Å². The van der Waals surface area contributed by atoms with Crippen LogP contribution in [0.2, 0.25) is 0 Å². The van der Waals surface area contributed by atoms with Gasteiger partial charge in [-0.2, -0.15) is 0 Å². The molecular formula is C11H14O3. The monoisotopic (exact) mass is 194 g/mol. The highest BCUT2D eigenvalue weighted by Gasteiger charge is 2.67. The number of hydrogen-bond acceptors (Lipinski definition) is 3. The van der Waals surface area contributed by atoms with Crippen LogP contribution >= 0.6 is 0 Å². The molecule has 0 aromatic carbocycles. The first-order valence-electron chi connectivity index (χ1n) is 5.21. The molecule has 0 radical (unpaired) electrons. The predicted molar refractivity (Wildman–Crippen MR) is 49.3 cm³/mol. The quantitative estimate of drug-likeness (QED) is 0.494. The number of carbonyl (C=O) groups excluding carboxylic acids is 1. The second-order valence-electron chi connectivity index (χ2n) is 4.70. The lowest BCUT2D eigenvalue weighted by Gasteiger charge is -2.34. The van der Waals surface area contributed by atoms with Gasteiger partial charge in [0.2, 0.25) is 0 Å². The molecule has 0 spiro atoms. The van der Waals surface area contributed by atoms with Crippen molar-refractivity contribution in [3.8, 4) is 0 Å². The fourth-order valence-electron chi connectivity index (χ4n) is 3.65. The molecule has 1 aliphatic heterocycles. The van der Waals surface area contributed by atoms with Gasteiger partial charge in [0.25, 0.3) is 0 Å². The lowest BCUT2D eigenvalue weighted by molar-refractivity contribution is -0.154. The summed E-state index contributed by atoms with van der Waals surface area (Å²) < 4.78 is 5.13. The van der Waals surface area contributed by atoms with Crippen LogP contribution in [0.4, 0.5) is 0 Å². The van der Waals surface area contributed by atoms with Crippen molar-refractivity contribution in [2.75, 3.05) is 6.61 Å². The molecule has 3 heteroatoms. The van der Waals surface area contributed by atoms with E-state index < -0.39 is 11.5 Å². The van der Waals surface area contributed by atoms with Crippen molar-refractivity contribution in [2.24, 2.45) is 23.2 Å². The summed E-state index contributed by atoms with van der Waals surface area (Å²) in [7, 11) is 0. The van der Waals surface area contributed by atoms with Gasteiger partial charge in [0.15, 0.2) is 0 Å². The van der Waals surface area contributed by atoms with E-state index in [-0.39, 0.29) is 17.8 Å². The Morgan fingerprint density at radius 3 is 3.07 bits per heavy atom. The van der Waals surface area contributed by atoms with Crippen molar-refractivity contribution in [1.82, 2.24) is 0 Å². The van der Waals surface area contributed by atoms with Gasteiger partial charge < -0.3 is 9.84 Å².